The Morgan fingerprint density at radius 1 is 1.09 bits per heavy atom. The molecule has 162 valence electrons. The van der Waals surface area contributed by atoms with E-state index in [0.717, 1.165) is 33.7 Å². The van der Waals surface area contributed by atoms with Gasteiger partial charge in [0.2, 0.25) is 0 Å². The first kappa shape index (κ1) is 22.0. The highest BCUT2D eigenvalue weighted by molar-refractivity contribution is 7.80. The van der Waals surface area contributed by atoms with Crippen LogP contribution in [0.2, 0.25) is 5.02 Å². The molecule has 3 N–H and O–H groups in total. The number of halogens is 1. The van der Waals surface area contributed by atoms with E-state index in [1.54, 1.807) is 0 Å². The molecule has 1 amide bonds. The Bertz CT molecular complexity index is 1270. The Hall–Kier alpha value is -3.22. The lowest BCUT2D eigenvalue weighted by atomic mass is 10.0. The van der Waals surface area contributed by atoms with Crippen LogP contribution in [-0.4, -0.2) is 21.0 Å². The third-order valence-corrected chi connectivity index (χ3v) is 5.83. The van der Waals surface area contributed by atoms with Crippen molar-refractivity contribution in [3.8, 4) is 11.4 Å². The van der Waals surface area contributed by atoms with Gasteiger partial charge in [0.15, 0.2) is 5.11 Å². The van der Waals surface area contributed by atoms with Gasteiger partial charge in [-0.15, -0.1) is 0 Å². The van der Waals surface area contributed by atoms with Crippen molar-refractivity contribution in [1.29, 1.82) is 0 Å². The number of rotatable bonds is 4. The molecule has 1 heterocycles. The minimum Gasteiger partial charge on any atom is -0.338 e. The fourth-order valence-corrected chi connectivity index (χ4v) is 3.75. The van der Waals surface area contributed by atoms with Crippen molar-refractivity contribution in [2.24, 2.45) is 0 Å². The number of nitrogens with zero attached hydrogens (tertiary/aromatic N) is 1. The van der Waals surface area contributed by atoms with Gasteiger partial charge in [-0.1, -0.05) is 49.7 Å². The van der Waals surface area contributed by atoms with E-state index in [0.29, 0.717) is 16.5 Å². The summed E-state index contributed by atoms with van der Waals surface area (Å²) in [6.45, 7) is 6.19. The number of anilines is 1. The molecule has 0 saturated heterocycles. The Kier molecular flexibility index (Phi) is 6.26. The highest BCUT2D eigenvalue weighted by Crippen LogP contribution is 2.26. The molecule has 4 aromatic rings. The first-order valence-electron chi connectivity index (χ1n) is 10.3. The summed E-state index contributed by atoms with van der Waals surface area (Å²) in [5, 5.41) is 6.72. The first-order chi connectivity index (χ1) is 15.3. The second-order valence-electron chi connectivity index (χ2n) is 7.97. The SMILES string of the molecule is Cc1cc2[nH]c(-c3cccc(NC(=S)NC(=O)c4ccc(C(C)C)cc4)c3)nc2cc1Cl. The number of hydrogen-bond acceptors (Lipinski definition) is 3. The lowest BCUT2D eigenvalue weighted by molar-refractivity contribution is 0.0977. The van der Waals surface area contributed by atoms with E-state index in [9.17, 15) is 4.79 Å². The van der Waals surface area contributed by atoms with Crippen LogP contribution < -0.4 is 10.6 Å². The number of benzene rings is 3. The number of carbonyl (C=O) groups is 1. The van der Waals surface area contributed by atoms with Gasteiger partial charge in [0.05, 0.1) is 11.0 Å². The lowest BCUT2D eigenvalue weighted by Crippen LogP contribution is -2.34. The number of amides is 1. The van der Waals surface area contributed by atoms with Crippen molar-refractivity contribution in [3.63, 3.8) is 0 Å². The van der Waals surface area contributed by atoms with Gasteiger partial charge in [-0.3, -0.25) is 10.1 Å². The second kappa shape index (κ2) is 9.10. The van der Waals surface area contributed by atoms with Crippen LogP contribution in [0.3, 0.4) is 0 Å². The Labute approximate surface area is 197 Å². The third kappa shape index (κ3) is 4.82. The molecule has 0 saturated carbocycles. The Morgan fingerprint density at radius 3 is 2.56 bits per heavy atom. The number of hydrogen-bond donors (Lipinski definition) is 3. The van der Waals surface area contributed by atoms with Gasteiger partial charge in [0.1, 0.15) is 5.82 Å². The maximum Gasteiger partial charge on any atom is 0.257 e. The number of thiocarbonyl (C=S) groups is 1. The van der Waals surface area contributed by atoms with Crippen LogP contribution in [0, 0.1) is 6.92 Å². The van der Waals surface area contributed by atoms with Gasteiger partial charge >= 0.3 is 0 Å². The molecule has 3 aromatic carbocycles. The minimum atomic E-state index is -0.251. The number of nitrogens with one attached hydrogen (secondary N) is 3. The fraction of sp³-hybridized carbons (Fsp3) is 0.160. The zero-order chi connectivity index (χ0) is 22.8. The number of aryl methyl sites for hydroxylation is 1. The van der Waals surface area contributed by atoms with E-state index in [-0.39, 0.29) is 11.0 Å². The summed E-state index contributed by atoms with van der Waals surface area (Å²) >= 11 is 11.6. The first-order valence-corrected chi connectivity index (χ1v) is 11.1. The van der Waals surface area contributed by atoms with Crippen molar-refractivity contribution in [1.82, 2.24) is 15.3 Å². The van der Waals surface area contributed by atoms with Crippen LogP contribution in [0.1, 0.15) is 41.3 Å². The standard InChI is InChI=1S/C25H23ClN4OS/c1-14(2)16-7-9-17(10-8-16)24(31)30-25(32)27-19-6-4-5-18(12-19)23-28-21-11-15(3)20(26)13-22(21)29-23/h4-14H,1-3H3,(H,28,29)(H2,27,30,31,32). The highest BCUT2D eigenvalue weighted by Gasteiger charge is 2.11. The monoisotopic (exact) mass is 462 g/mol. The summed E-state index contributed by atoms with van der Waals surface area (Å²) in [6, 6.07) is 19.0. The molecule has 32 heavy (non-hydrogen) atoms. The van der Waals surface area contributed by atoms with Crippen molar-refractivity contribution >= 4 is 51.6 Å². The van der Waals surface area contributed by atoms with E-state index in [4.69, 9.17) is 23.8 Å². The van der Waals surface area contributed by atoms with Gasteiger partial charge in [-0.25, -0.2) is 4.98 Å². The zero-order valence-electron chi connectivity index (χ0n) is 18.0. The van der Waals surface area contributed by atoms with Crippen LogP contribution in [0.4, 0.5) is 5.69 Å². The van der Waals surface area contributed by atoms with E-state index < -0.39 is 0 Å². The molecule has 1 aromatic heterocycles. The number of fused-ring (bicyclic) bond motifs is 1. The van der Waals surface area contributed by atoms with Gasteiger partial charge in [-0.2, -0.15) is 0 Å². The smallest absolute Gasteiger partial charge is 0.257 e. The summed E-state index contributed by atoms with van der Waals surface area (Å²) in [7, 11) is 0. The molecule has 5 nitrogen and oxygen atoms in total. The summed E-state index contributed by atoms with van der Waals surface area (Å²) in [5.41, 5.74) is 6.10. The topological polar surface area (TPSA) is 69.8 Å². The molecule has 0 bridgehead atoms. The molecular weight excluding hydrogens is 440 g/mol. The van der Waals surface area contributed by atoms with E-state index in [1.807, 2.05) is 67.6 Å². The lowest BCUT2D eigenvalue weighted by Gasteiger charge is -2.11. The van der Waals surface area contributed by atoms with Crippen LogP contribution in [0.15, 0.2) is 60.7 Å². The largest absolute Gasteiger partial charge is 0.338 e. The van der Waals surface area contributed by atoms with Crippen molar-refractivity contribution in [3.05, 3.63) is 82.4 Å². The molecule has 7 heteroatoms. The zero-order valence-corrected chi connectivity index (χ0v) is 19.6. The number of imidazole rings is 1. The number of H-pyrrole nitrogens is 1. The third-order valence-electron chi connectivity index (χ3n) is 5.22. The fourth-order valence-electron chi connectivity index (χ4n) is 3.38. The molecule has 4 rings (SSSR count). The number of aromatic amines is 1. The number of aromatic nitrogens is 2. The maximum atomic E-state index is 12.5. The molecule has 0 aliphatic rings. The normalized spacial score (nSPS) is 11.0. The maximum absolute atomic E-state index is 12.5. The van der Waals surface area contributed by atoms with Gasteiger partial charge in [0.25, 0.3) is 5.91 Å². The minimum absolute atomic E-state index is 0.229. The average Bonchev–Trinajstić information content (AvgIpc) is 3.17. The van der Waals surface area contributed by atoms with Crippen LogP contribution in [-0.2, 0) is 0 Å². The van der Waals surface area contributed by atoms with E-state index >= 15 is 0 Å². The van der Waals surface area contributed by atoms with Crippen LogP contribution in [0.5, 0.6) is 0 Å². The van der Waals surface area contributed by atoms with Gasteiger partial charge in [-0.05, 0) is 72.6 Å². The molecule has 0 aliphatic carbocycles. The predicted octanol–water partition coefficient (Wildman–Crippen LogP) is 6.44. The Balaban J connectivity index is 1.46. The average molecular weight is 463 g/mol. The van der Waals surface area contributed by atoms with Crippen LogP contribution in [0.25, 0.3) is 22.4 Å². The summed E-state index contributed by atoms with van der Waals surface area (Å²) in [5.74, 6) is 0.888. The van der Waals surface area contributed by atoms with E-state index in [2.05, 4.69) is 34.4 Å². The van der Waals surface area contributed by atoms with E-state index in [1.165, 1.54) is 5.56 Å². The van der Waals surface area contributed by atoms with Gasteiger partial charge in [0, 0.05) is 21.8 Å². The number of carbonyl (C=O) groups excluding carboxylic acids is 1. The van der Waals surface area contributed by atoms with Crippen molar-refractivity contribution in [2.45, 2.75) is 26.7 Å². The summed E-state index contributed by atoms with van der Waals surface area (Å²) in [6.07, 6.45) is 0. The predicted molar refractivity (Wildman–Crippen MR) is 135 cm³/mol. The molecular formula is C25H23ClN4OS. The molecule has 0 unspecified atom stereocenters. The molecule has 0 spiro atoms. The summed E-state index contributed by atoms with van der Waals surface area (Å²) < 4.78 is 0. The molecule has 0 radical (unpaired) electrons. The second-order valence-corrected chi connectivity index (χ2v) is 8.79. The van der Waals surface area contributed by atoms with Crippen molar-refractivity contribution in [2.75, 3.05) is 5.32 Å². The Morgan fingerprint density at radius 2 is 1.84 bits per heavy atom. The molecule has 0 atom stereocenters. The molecule has 0 fully saturated rings. The van der Waals surface area contributed by atoms with Crippen molar-refractivity contribution < 1.29 is 4.79 Å². The summed E-state index contributed by atoms with van der Waals surface area (Å²) in [4.78, 5) is 20.5. The quantitative estimate of drug-likeness (QED) is 0.305. The van der Waals surface area contributed by atoms with Crippen LogP contribution >= 0.6 is 23.8 Å². The molecule has 0 aliphatic heterocycles. The highest BCUT2D eigenvalue weighted by atomic mass is 35.5. The van der Waals surface area contributed by atoms with Gasteiger partial charge < -0.3 is 10.3 Å².